The van der Waals surface area contributed by atoms with E-state index in [1.165, 1.54) is 0 Å². The van der Waals surface area contributed by atoms with Crippen LogP contribution in [0.2, 0.25) is 0 Å². The van der Waals surface area contributed by atoms with Crippen molar-refractivity contribution in [2.45, 2.75) is 19.4 Å². The van der Waals surface area contributed by atoms with Crippen LogP contribution in [0.1, 0.15) is 13.3 Å². The van der Waals surface area contributed by atoms with Gasteiger partial charge in [-0.2, -0.15) is 0 Å². The molecule has 0 spiro atoms. The fraction of sp³-hybridized carbons (Fsp3) is 0.500. The van der Waals surface area contributed by atoms with E-state index in [9.17, 15) is 14.4 Å². The van der Waals surface area contributed by atoms with E-state index in [-0.39, 0.29) is 6.42 Å². The summed E-state index contributed by atoms with van der Waals surface area (Å²) in [5.41, 5.74) is 9.90. The maximum Gasteiger partial charge on any atom is 0.219 e. The van der Waals surface area contributed by atoms with Gasteiger partial charge in [0.2, 0.25) is 11.7 Å². The van der Waals surface area contributed by atoms with Crippen molar-refractivity contribution in [1.29, 1.82) is 0 Å². The highest BCUT2D eigenvalue weighted by Gasteiger charge is 2.19. The zero-order chi connectivity index (χ0) is 9.02. The number of Topliss-reactive ketones (excluding diaryl/α,β-unsaturated/α-hetero) is 2. The molecule has 0 aliphatic carbocycles. The van der Waals surface area contributed by atoms with Crippen molar-refractivity contribution in [3.8, 4) is 0 Å². The van der Waals surface area contributed by atoms with E-state index in [4.69, 9.17) is 11.5 Å². The summed E-state index contributed by atoms with van der Waals surface area (Å²) in [6.45, 7) is 1.10. The van der Waals surface area contributed by atoms with Crippen molar-refractivity contribution in [2.75, 3.05) is 0 Å². The predicted molar refractivity (Wildman–Crippen MR) is 37.5 cm³/mol. The summed E-state index contributed by atoms with van der Waals surface area (Å²) in [6.07, 6.45) is -0.279. The average molecular weight is 158 g/mol. The van der Waals surface area contributed by atoms with E-state index >= 15 is 0 Å². The fourth-order valence-corrected chi connectivity index (χ4v) is 0.571. The van der Waals surface area contributed by atoms with Gasteiger partial charge in [0.05, 0.1) is 6.04 Å². The number of carbonyl (C=O) groups is 3. The number of hydrogen-bond acceptors (Lipinski definition) is 4. The minimum atomic E-state index is -1.08. The molecule has 0 unspecified atom stereocenters. The van der Waals surface area contributed by atoms with Gasteiger partial charge < -0.3 is 11.5 Å². The highest BCUT2D eigenvalue weighted by Crippen LogP contribution is 1.89. The highest BCUT2D eigenvalue weighted by atomic mass is 16.2. The first-order valence-electron chi connectivity index (χ1n) is 3.03. The SMILES string of the molecule is CC(=O)C(=O)[C@@H](N)CC(N)=O. The van der Waals surface area contributed by atoms with Gasteiger partial charge in [-0.25, -0.2) is 0 Å². The third kappa shape index (κ3) is 3.47. The second-order valence-electron chi connectivity index (χ2n) is 2.20. The first-order valence-corrected chi connectivity index (χ1v) is 3.03. The molecule has 5 heteroatoms. The van der Waals surface area contributed by atoms with Gasteiger partial charge in [0.1, 0.15) is 0 Å². The summed E-state index contributed by atoms with van der Waals surface area (Å²) in [4.78, 5) is 31.3. The van der Waals surface area contributed by atoms with Gasteiger partial charge in [0.25, 0.3) is 0 Å². The van der Waals surface area contributed by atoms with Crippen LogP contribution in [-0.4, -0.2) is 23.5 Å². The lowest BCUT2D eigenvalue weighted by Crippen LogP contribution is -2.38. The number of ketones is 2. The molecule has 62 valence electrons. The number of carbonyl (C=O) groups excluding carboxylic acids is 3. The Labute approximate surface area is 63.7 Å². The number of hydrogen-bond donors (Lipinski definition) is 2. The minimum Gasteiger partial charge on any atom is -0.370 e. The first-order chi connectivity index (χ1) is 4.95. The molecule has 0 aliphatic rings. The largest absolute Gasteiger partial charge is 0.370 e. The van der Waals surface area contributed by atoms with E-state index in [2.05, 4.69) is 0 Å². The molecular weight excluding hydrogens is 148 g/mol. The van der Waals surface area contributed by atoms with E-state index in [1.807, 2.05) is 0 Å². The number of rotatable bonds is 4. The maximum atomic E-state index is 10.7. The number of nitrogens with two attached hydrogens (primary N) is 2. The second-order valence-corrected chi connectivity index (χ2v) is 2.20. The maximum absolute atomic E-state index is 10.7. The van der Waals surface area contributed by atoms with Gasteiger partial charge in [-0.3, -0.25) is 14.4 Å². The normalized spacial score (nSPS) is 12.2. The van der Waals surface area contributed by atoms with Crippen LogP contribution in [0.25, 0.3) is 0 Å². The predicted octanol–water partition coefficient (Wildman–Crippen LogP) is -1.65. The van der Waals surface area contributed by atoms with Crippen LogP contribution in [-0.2, 0) is 14.4 Å². The van der Waals surface area contributed by atoms with Gasteiger partial charge in [-0.05, 0) is 0 Å². The fourth-order valence-electron chi connectivity index (χ4n) is 0.571. The molecule has 0 rings (SSSR count). The molecule has 0 aromatic carbocycles. The summed E-state index contributed by atoms with van der Waals surface area (Å²) in [5.74, 6) is -2.10. The number of amides is 1. The lowest BCUT2D eigenvalue weighted by Gasteiger charge is -2.03. The summed E-state index contributed by atoms with van der Waals surface area (Å²) in [5, 5.41) is 0. The van der Waals surface area contributed by atoms with Crippen LogP contribution in [0, 0.1) is 0 Å². The van der Waals surface area contributed by atoms with Crippen molar-refractivity contribution >= 4 is 17.5 Å². The monoisotopic (exact) mass is 158 g/mol. The topological polar surface area (TPSA) is 103 Å². The Bertz CT molecular complexity index is 200. The molecule has 0 bridgehead atoms. The van der Waals surface area contributed by atoms with E-state index in [0.29, 0.717) is 0 Å². The van der Waals surface area contributed by atoms with E-state index < -0.39 is 23.5 Å². The highest BCUT2D eigenvalue weighted by molar-refractivity contribution is 6.38. The van der Waals surface area contributed by atoms with Crippen LogP contribution < -0.4 is 11.5 Å². The van der Waals surface area contributed by atoms with Crippen LogP contribution in [0.3, 0.4) is 0 Å². The zero-order valence-electron chi connectivity index (χ0n) is 6.16. The standard InChI is InChI=1S/C6H10N2O3/c1-3(9)6(11)4(7)2-5(8)10/h4H,2,7H2,1H3,(H2,8,10)/t4-/m0/s1. The molecule has 4 N–H and O–H groups in total. The molecule has 0 saturated heterocycles. The molecule has 0 fully saturated rings. The van der Waals surface area contributed by atoms with E-state index in [1.54, 1.807) is 0 Å². The number of primary amides is 1. The molecule has 1 amide bonds. The third-order valence-corrected chi connectivity index (χ3v) is 1.10. The molecule has 0 aromatic rings. The molecule has 11 heavy (non-hydrogen) atoms. The lowest BCUT2D eigenvalue weighted by molar-refractivity contribution is -0.136. The van der Waals surface area contributed by atoms with Crippen LogP contribution in [0.5, 0.6) is 0 Å². The Kier molecular flexibility index (Phi) is 3.39. The van der Waals surface area contributed by atoms with Gasteiger partial charge in [0, 0.05) is 13.3 Å². The van der Waals surface area contributed by atoms with Crippen molar-refractivity contribution in [2.24, 2.45) is 11.5 Å². The Morgan fingerprint density at radius 3 is 2.09 bits per heavy atom. The Hall–Kier alpha value is -1.23. The van der Waals surface area contributed by atoms with Gasteiger partial charge >= 0.3 is 0 Å². The van der Waals surface area contributed by atoms with E-state index in [0.717, 1.165) is 6.92 Å². The van der Waals surface area contributed by atoms with Crippen molar-refractivity contribution in [1.82, 2.24) is 0 Å². The average Bonchev–Trinajstić information content (AvgIpc) is 1.84. The van der Waals surface area contributed by atoms with Crippen molar-refractivity contribution < 1.29 is 14.4 Å². The van der Waals surface area contributed by atoms with Gasteiger partial charge in [0.15, 0.2) is 5.78 Å². The molecule has 1 atom stereocenters. The molecule has 0 saturated carbocycles. The van der Waals surface area contributed by atoms with Crippen LogP contribution in [0.15, 0.2) is 0 Å². The molecule has 0 aliphatic heterocycles. The summed E-state index contributed by atoms with van der Waals surface area (Å²) >= 11 is 0. The Morgan fingerprint density at radius 2 is 1.82 bits per heavy atom. The van der Waals surface area contributed by atoms with Gasteiger partial charge in [-0.1, -0.05) is 0 Å². The quantitative estimate of drug-likeness (QED) is 0.478. The minimum absolute atomic E-state index is 0.279. The summed E-state index contributed by atoms with van der Waals surface area (Å²) < 4.78 is 0. The molecule has 0 aromatic heterocycles. The van der Waals surface area contributed by atoms with Gasteiger partial charge in [-0.15, -0.1) is 0 Å². The Balaban J connectivity index is 4.03. The molecular formula is C6H10N2O3. The van der Waals surface area contributed by atoms with Crippen LogP contribution in [0.4, 0.5) is 0 Å². The molecule has 0 heterocycles. The third-order valence-electron chi connectivity index (χ3n) is 1.10. The summed E-state index contributed by atoms with van der Waals surface area (Å²) in [7, 11) is 0. The molecule has 0 radical (unpaired) electrons. The molecule has 5 nitrogen and oxygen atoms in total. The first kappa shape index (κ1) is 9.77. The smallest absolute Gasteiger partial charge is 0.219 e. The van der Waals surface area contributed by atoms with Crippen molar-refractivity contribution in [3.05, 3.63) is 0 Å². The Morgan fingerprint density at radius 1 is 1.36 bits per heavy atom. The second kappa shape index (κ2) is 3.82. The van der Waals surface area contributed by atoms with Crippen LogP contribution >= 0.6 is 0 Å². The zero-order valence-corrected chi connectivity index (χ0v) is 6.16. The lowest BCUT2D eigenvalue weighted by atomic mass is 10.1. The van der Waals surface area contributed by atoms with Crippen molar-refractivity contribution in [3.63, 3.8) is 0 Å². The summed E-state index contributed by atoms with van der Waals surface area (Å²) in [6, 6.07) is -1.08.